The lowest BCUT2D eigenvalue weighted by atomic mass is 10.2. The number of halogens is 1. The maximum absolute atomic E-state index is 11.9. The maximum Gasteiger partial charge on any atom is 0.237 e. The Balaban J connectivity index is 2.05. The predicted octanol–water partition coefficient (Wildman–Crippen LogP) is 3.59. The molecule has 0 saturated carbocycles. The molecule has 1 unspecified atom stereocenters. The molecule has 0 aliphatic carbocycles. The average molecular weight is 300 g/mol. The first-order valence-corrected chi connectivity index (χ1v) is 7.19. The third-order valence-electron chi connectivity index (χ3n) is 2.53. The molecular weight excluding hydrogens is 286 g/mol. The summed E-state index contributed by atoms with van der Waals surface area (Å²) in [6.45, 7) is 2.02. The van der Waals surface area contributed by atoms with Crippen LogP contribution >= 0.6 is 27.7 Å². The van der Waals surface area contributed by atoms with Crippen LogP contribution < -0.4 is 5.32 Å². The quantitative estimate of drug-likeness (QED) is 0.904. The van der Waals surface area contributed by atoms with Crippen LogP contribution in [0.3, 0.4) is 0 Å². The van der Waals surface area contributed by atoms with E-state index in [1.165, 1.54) is 0 Å². The van der Waals surface area contributed by atoms with Gasteiger partial charge in [0.05, 0.1) is 5.25 Å². The maximum atomic E-state index is 11.9. The van der Waals surface area contributed by atoms with Gasteiger partial charge in [-0.05, 0) is 49.3 Å². The highest BCUT2D eigenvalue weighted by Crippen LogP contribution is 2.27. The van der Waals surface area contributed by atoms with E-state index in [0.29, 0.717) is 0 Å². The van der Waals surface area contributed by atoms with Gasteiger partial charge in [0.25, 0.3) is 0 Å². The van der Waals surface area contributed by atoms with Crippen molar-refractivity contribution in [1.29, 1.82) is 0 Å². The van der Waals surface area contributed by atoms with Crippen LogP contribution in [0.25, 0.3) is 0 Å². The first kappa shape index (κ1) is 12.0. The summed E-state index contributed by atoms with van der Waals surface area (Å²) in [5.74, 6) is 1.25. The monoisotopic (exact) mass is 299 g/mol. The zero-order chi connectivity index (χ0) is 11.5. The van der Waals surface area contributed by atoms with E-state index in [4.69, 9.17) is 0 Å². The van der Waals surface area contributed by atoms with Crippen molar-refractivity contribution in [2.45, 2.75) is 25.0 Å². The van der Waals surface area contributed by atoms with E-state index in [2.05, 4.69) is 21.2 Å². The zero-order valence-corrected chi connectivity index (χ0v) is 11.5. The minimum atomic E-state index is 0.138. The van der Waals surface area contributed by atoms with Crippen molar-refractivity contribution in [2.24, 2.45) is 0 Å². The van der Waals surface area contributed by atoms with Crippen LogP contribution in [0.1, 0.15) is 18.4 Å². The van der Waals surface area contributed by atoms with Crippen LogP contribution in [0.5, 0.6) is 0 Å². The summed E-state index contributed by atoms with van der Waals surface area (Å²) in [5.41, 5.74) is 2.02. The first-order valence-electron chi connectivity index (χ1n) is 5.35. The van der Waals surface area contributed by atoms with Gasteiger partial charge in [0.15, 0.2) is 0 Å². The fourth-order valence-corrected chi connectivity index (χ4v) is 3.58. The highest BCUT2D eigenvalue weighted by molar-refractivity contribution is 9.10. The molecule has 1 N–H and O–H groups in total. The lowest BCUT2D eigenvalue weighted by molar-refractivity contribution is -0.115. The van der Waals surface area contributed by atoms with Crippen LogP contribution in [-0.2, 0) is 4.79 Å². The molecule has 1 aliphatic rings. The van der Waals surface area contributed by atoms with Crippen molar-refractivity contribution in [3.63, 3.8) is 0 Å². The predicted molar refractivity (Wildman–Crippen MR) is 73.0 cm³/mol. The molecule has 1 amide bonds. The van der Waals surface area contributed by atoms with Gasteiger partial charge in [-0.3, -0.25) is 4.79 Å². The van der Waals surface area contributed by atoms with Crippen LogP contribution in [0.2, 0.25) is 0 Å². The summed E-state index contributed by atoms with van der Waals surface area (Å²) in [6, 6.07) is 5.95. The summed E-state index contributed by atoms with van der Waals surface area (Å²) >= 11 is 5.18. The van der Waals surface area contributed by atoms with Crippen molar-refractivity contribution in [2.75, 3.05) is 11.1 Å². The summed E-state index contributed by atoms with van der Waals surface area (Å²) in [7, 11) is 0. The molecule has 1 aromatic carbocycles. The molecule has 0 bridgehead atoms. The number of hydrogen-bond acceptors (Lipinski definition) is 2. The Hall–Kier alpha value is -0.480. The van der Waals surface area contributed by atoms with E-state index in [9.17, 15) is 4.79 Å². The zero-order valence-electron chi connectivity index (χ0n) is 9.13. The topological polar surface area (TPSA) is 29.1 Å². The number of carbonyl (C=O) groups is 1. The van der Waals surface area contributed by atoms with Crippen LogP contribution in [0.15, 0.2) is 22.7 Å². The number of thioether (sulfide) groups is 1. The van der Waals surface area contributed by atoms with Gasteiger partial charge in [-0.1, -0.05) is 15.9 Å². The standard InChI is InChI=1S/C12H14BrNOS/c1-8-5-9(13)7-10(6-8)14-12(15)11-3-2-4-16-11/h5-7,11H,2-4H2,1H3,(H,14,15). The Morgan fingerprint density at radius 3 is 2.94 bits per heavy atom. The molecule has 86 valence electrons. The highest BCUT2D eigenvalue weighted by Gasteiger charge is 2.23. The molecule has 1 atom stereocenters. The Labute approximate surface area is 108 Å². The molecule has 0 aromatic heterocycles. The number of rotatable bonds is 2. The van der Waals surface area contributed by atoms with Crippen molar-refractivity contribution in [3.8, 4) is 0 Å². The van der Waals surface area contributed by atoms with Gasteiger partial charge in [0.2, 0.25) is 5.91 Å². The third-order valence-corrected chi connectivity index (χ3v) is 4.37. The van der Waals surface area contributed by atoms with Gasteiger partial charge >= 0.3 is 0 Å². The van der Waals surface area contributed by atoms with E-state index in [1.54, 1.807) is 11.8 Å². The number of carbonyl (C=O) groups excluding carboxylic acids is 1. The van der Waals surface area contributed by atoms with Gasteiger partial charge in [0, 0.05) is 10.2 Å². The normalized spacial score (nSPS) is 19.8. The van der Waals surface area contributed by atoms with Crippen molar-refractivity contribution >= 4 is 39.3 Å². The first-order chi connectivity index (χ1) is 7.65. The van der Waals surface area contributed by atoms with Gasteiger partial charge in [-0.2, -0.15) is 0 Å². The minimum absolute atomic E-state index is 0.138. The molecule has 2 rings (SSSR count). The van der Waals surface area contributed by atoms with E-state index in [-0.39, 0.29) is 11.2 Å². The number of nitrogens with one attached hydrogen (secondary N) is 1. The molecule has 0 spiro atoms. The molecule has 1 aliphatic heterocycles. The smallest absolute Gasteiger partial charge is 0.237 e. The summed E-state index contributed by atoms with van der Waals surface area (Å²) in [5, 5.41) is 3.11. The van der Waals surface area contributed by atoms with Crippen LogP contribution in [0.4, 0.5) is 5.69 Å². The number of anilines is 1. The molecule has 2 nitrogen and oxygen atoms in total. The van der Waals surface area contributed by atoms with Gasteiger partial charge < -0.3 is 5.32 Å². The molecule has 1 saturated heterocycles. The molecule has 1 fully saturated rings. The largest absolute Gasteiger partial charge is 0.325 e. The Kier molecular flexibility index (Phi) is 3.92. The SMILES string of the molecule is Cc1cc(Br)cc(NC(=O)C2CCCS2)c1. The van der Waals surface area contributed by atoms with Crippen molar-refractivity contribution in [1.82, 2.24) is 0 Å². The Morgan fingerprint density at radius 2 is 2.31 bits per heavy atom. The molecule has 0 radical (unpaired) electrons. The van der Waals surface area contributed by atoms with E-state index in [1.807, 2.05) is 25.1 Å². The molecule has 4 heteroatoms. The number of amides is 1. The van der Waals surface area contributed by atoms with E-state index in [0.717, 1.165) is 34.3 Å². The second-order valence-electron chi connectivity index (χ2n) is 4.01. The highest BCUT2D eigenvalue weighted by atomic mass is 79.9. The van der Waals surface area contributed by atoms with E-state index >= 15 is 0 Å². The third kappa shape index (κ3) is 3.01. The van der Waals surface area contributed by atoms with Gasteiger partial charge in [-0.15, -0.1) is 11.8 Å². The van der Waals surface area contributed by atoms with Crippen LogP contribution in [0, 0.1) is 6.92 Å². The van der Waals surface area contributed by atoms with Crippen molar-refractivity contribution < 1.29 is 4.79 Å². The molecule has 16 heavy (non-hydrogen) atoms. The van der Waals surface area contributed by atoms with Gasteiger partial charge in [0.1, 0.15) is 0 Å². The Bertz CT molecular complexity index is 382. The second kappa shape index (κ2) is 5.23. The Morgan fingerprint density at radius 1 is 1.50 bits per heavy atom. The fraction of sp³-hybridized carbons (Fsp3) is 0.417. The van der Waals surface area contributed by atoms with Gasteiger partial charge in [-0.25, -0.2) is 0 Å². The van der Waals surface area contributed by atoms with Crippen LogP contribution in [-0.4, -0.2) is 16.9 Å². The second-order valence-corrected chi connectivity index (χ2v) is 6.23. The number of aryl methyl sites for hydroxylation is 1. The lowest BCUT2D eigenvalue weighted by Gasteiger charge is -2.10. The molecule has 1 heterocycles. The average Bonchev–Trinajstić information content (AvgIpc) is 2.68. The fourth-order valence-electron chi connectivity index (χ4n) is 1.82. The summed E-state index contributed by atoms with van der Waals surface area (Å²) < 4.78 is 1.00. The summed E-state index contributed by atoms with van der Waals surface area (Å²) in [4.78, 5) is 11.9. The minimum Gasteiger partial charge on any atom is -0.325 e. The lowest BCUT2D eigenvalue weighted by Crippen LogP contribution is -2.22. The molecular formula is C12H14BrNOS. The molecule has 1 aromatic rings. The summed E-state index contributed by atoms with van der Waals surface area (Å²) in [6.07, 6.45) is 2.16. The number of benzene rings is 1. The van der Waals surface area contributed by atoms with E-state index < -0.39 is 0 Å². The van der Waals surface area contributed by atoms with Crippen molar-refractivity contribution in [3.05, 3.63) is 28.2 Å². The number of hydrogen-bond donors (Lipinski definition) is 1.